The minimum Gasteiger partial charge on any atom is -0.321 e. The van der Waals surface area contributed by atoms with Crippen LogP contribution in [0.5, 0.6) is 0 Å². The standard InChI is InChI=1S/C20H14N4O/c25-20(23-14-6-5-10-21-13-14)16-12-19(18-9-3-4-11-22-18)24-17-8-2-1-7-15(16)17/h1-13H,(H,23,25). The molecule has 1 amide bonds. The van der Waals surface area contributed by atoms with Crippen LogP contribution in [0.25, 0.3) is 22.3 Å². The number of fused-ring (bicyclic) bond motifs is 1. The first kappa shape index (κ1) is 15.0. The van der Waals surface area contributed by atoms with Crippen LogP contribution in [0.15, 0.2) is 79.3 Å². The first-order chi connectivity index (χ1) is 12.3. The van der Waals surface area contributed by atoms with Gasteiger partial charge in [0, 0.05) is 17.8 Å². The van der Waals surface area contributed by atoms with Crippen molar-refractivity contribution in [2.24, 2.45) is 0 Å². The lowest BCUT2D eigenvalue weighted by atomic mass is 10.1. The van der Waals surface area contributed by atoms with Crippen LogP contribution in [0.3, 0.4) is 0 Å². The van der Waals surface area contributed by atoms with E-state index in [2.05, 4.69) is 20.3 Å². The fourth-order valence-electron chi connectivity index (χ4n) is 2.64. The summed E-state index contributed by atoms with van der Waals surface area (Å²) in [7, 11) is 0. The predicted octanol–water partition coefficient (Wildman–Crippen LogP) is 3.94. The molecule has 0 radical (unpaired) electrons. The molecule has 0 atom stereocenters. The summed E-state index contributed by atoms with van der Waals surface area (Å²) >= 11 is 0. The molecule has 1 aromatic carbocycles. The summed E-state index contributed by atoms with van der Waals surface area (Å²) in [6, 6.07) is 18.6. The molecule has 0 aliphatic carbocycles. The molecule has 5 nitrogen and oxygen atoms in total. The third kappa shape index (κ3) is 3.07. The van der Waals surface area contributed by atoms with Gasteiger partial charge in [-0.15, -0.1) is 0 Å². The maximum atomic E-state index is 12.8. The van der Waals surface area contributed by atoms with Gasteiger partial charge in [0.1, 0.15) is 0 Å². The molecule has 0 spiro atoms. The summed E-state index contributed by atoms with van der Waals surface area (Å²) in [5, 5.41) is 3.67. The Morgan fingerprint density at radius 1 is 0.880 bits per heavy atom. The summed E-state index contributed by atoms with van der Waals surface area (Å²) in [5.74, 6) is -0.205. The summed E-state index contributed by atoms with van der Waals surface area (Å²) in [6.07, 6.45) is 4.99. The average molecular weight is 326 g/mol. The van der Waals surface area contributed by atoms with Crippen molar-refractivity contribution in [2.45, 2.75) is 0 Å². The van der Waals surface area contributed by atoms with E-state index in [9.17, 15) is 4.79 Å². The van der Waals surface area contributed by atoms with Gasteiger partial charge in [-0.2, -0.15) is 0 Å². The lowest BCUT2D eigenvalue weighted by Crippen LogP contribution is -2.13. The second-order valence-electron chi connectivity index (χ2n) is 5.48. The molecule has 0 bridgehead atoms. The van der Waals surface area contributed by atoms with Gasteiger partial charge in [0.05, 0.1) is 34.4 Å². The first-order valence-corrected chi connectivity index (χ1v) is 7.84. The van der Waals surface area contributed by atoms with E-state index in [1.54, 1.807) is 36.8 Å². The number of nitrogens with zero attached hydrogens (tertiary/aromatic N) is 3. The zero-order valence-corrected chi connectivity index (χ0v) is 13.3. The highest BCUT2D eigenvalue weighted by Crippen LogP contribution is 2.24. The number of pyridine rings is 3. The quantitative estimate of drug-likeness (QED) is 0.619. The van der Waals surface area contributed by atoms with Crippen molar-refractivity contribution in [2.75, 3.05) is 5.32 Å². The van der Waals surface area contributed by atoms with Crippen LogP contribution in [0.4, 0.5) is 5.69 Å². The normalized spacial score (nSPS) is 10.6. The third-order valence-electron chi connectivity index (χ3n) is 3.81. The highest BCUT2D eigenvalue weighted by molar-refractivity contribution is 6.13. The second-order valence-corrected chi connectivity index (χ2v) is 5.48. The fraction of sp³-hybridized carbons (Fsp3) is 0. The molecule has 1 N–H and O–H groups in total. The molecule has 3 aromatic heterocycles. The van der Waals surface area contributed by atoms with Gasteiger partial charge in [0.2, 0.25) is 0 Å². The maximum absolute atomic E-state index is 12.8. The molecule has 0 aliphatic rings. The maximum Gasteiger partial charge on any atom is 0.256 e. The minimum atomic E-state index is -0.205. The van der Waals surface area contributed by atoms with E-state index in [1.807, 2.05) is 42.5 Å². The van der Waals surface area contributed by atoms with Crippen LogP contribution in [0.1, 0.15) is 10.4 Å². The van der Waals surface area contributed by atoms with Crippen molar-refractivity contribution < 1.29 is 4.79 Å². The largest absolute Gasteiger partial charge is 0.321 e. The van der Waals surface area contributed by atoms with Crippen LogP contribution in [0, 0.1) is 0 Å². The van der Waals surface area contributed by atoms with Gasteiger partial charge in [-0.1, -0.05) is 24.3 Å². The van der Waals surface area contributed by atoms with E-state index in [0.717, 1.165) is 16.6 Å². The zero-order chi connectivity index (χ0) is 17.1. The Labute approximate surface area is 144 Å². The minimum absolute atomic E-state index is 0.205. The molecule has 25 heavy (non-hydrogen) atoms. The Morgan fingerprint density at radius 2 is 1.76 bits per heavy atom. The molecule has 4 rings (SSSR count). The van der Waals surface area contributed by atoms with Crippen molar-refractivity contribution in [3.63, 3.8) is 0 Å². The van der Waals surface area contributed by atoms with E-state index >= 15 is 0 Å². The highest BCUT2D eigenvalue weighted by Gasteiger charge is 2.14. The van der Waals surface area contributed by atoms with E-state index in [1.165, 1.54) is 0 Å². The van der Waals surface area contributed by atoms with E-state index in [4.69, 9.17) is 0 Å². The predicted molar refractivity (Wildman–Crippen MR) is 97.2 cm³/mol. The van der Waals surface area contributed by atoms with Crippen molar-refractivity contribution in [3.8, 4) is 11.4 Å². The van der Waals surface area contributed by atoms with Crippen molar-refractivity contribution in [3.05, 3.63) is 84.8 Å². The van der Waals surface area contributed by atoms with Crippen molar-refractivity contribution >= 4 is 22.5 Å². The lowest BCUT2D eigenvalue weighted by Gasteiger charge is -2.10. The van der Waals surface area contributed by atoms with Gasteiger partial charge in [0.25, 0.3) is 5.91 Å². The molecule has 3 heterocycles. The van der Waals surface area contributed by atoms with E-state index < -0.39 is 0 Å². The van der Waals surface area contributed by atoms with E-state index in [-0.39, 0.29) is 5.91 Å². The molecule has 0 unspecified atom stereocenters. The average Bonchev–Trinajstić information content (AvgIpc) is 2.68. The number of rotatable bonds is 3. The Kier molecular flexibility index (Phi) is 3.88. The lowest BCUT2D eigenvalue weighted by molar-refractivity contribution is 0.102. The smallest absolute Gasteiger partial charge is 0.256 e. The van der Waals surface area contributed by atoms with Crippen LogP contribution >= 0.6 is 0 Å². The molecule has 0 fully saturated rings. The number of nitrogens with one attached hydrogen (secondary N) is 1. The summed E-state index contributed by atoms with van der Waals surface area (Å²) < 4.78 is 0. The Morgan fingerprint density at radius 3 is 2.56 bits per heavy atom. The Hall–Kier alpha value is -3.60. The number of aromatic nitrogens is 3. The number of amides is 1. The molecular formula is C20H14N4O. The van der Waals surface area contributed by atoms with Gasteiger partial charge in [-0.3, -0.25) is 14.8 Å². The second kappa shape index (κ2) is 6.49. The van der Waals surface area contributed by atoms with Gasteiger partial charge in [-0.05, 0) is 36.4 Å². The van der Waals surface area contributed by atoms with Crippen LogP contribution < -0.4 is 5.32 Å². The van der Waals surface area contributed by atoms with Gasteiger partial charge in [-0.25, -0.2) is 4.98 Å². The molecule has 0 aliphatic heterocycles. The molecule has 120 valence electrons. The number of para-hydroxylation sites is 1. The van der Waals surface area contributed by atoms with Crippen molar-refractivity contribution in [1.29, 1.82) is 0 Å². The Bertz CT molecular complexity index is 1030. The number of hydrogen-bond donors (Lipinski definition) is 1. The Balaban J connectivity index is 1.83. The molecule has 0 saturated heterocycles. The number of carbonyl (C=O) groups excluding carboxylic acids is 1. The highest BCUT2D eigenvalue weighted by atomic mass is 16.1. The monoisotopic (exact) mass is 326 g/mol. The van der Waals surface area contributed by atoms with Gasteiger partial charge < -0.3 is 5.32 Å². The summed E-state index contributed by atoms with van der Waals surface area (Å²) in [5.41, 5.74) is 3.34. The van der Waals surface area contributed by atoms with E-state index in [0.29, 0.717) is 16.9 Å². The molecule has 5 heteroatoms. The number of anilines is 1. The molecular weight excluding hydrogens is 312 g/mol. The number of hydrogen-bond acceptors (Lipinski definition) is 4. The van der Waals surface area contributed by atoms with Crippen molar-refractivity contribution in [1.82, 2.24) is 15.0 Å². The fourth-order valence-corrected chi connectivity index (χ4v) is 2.64. The molecule has 4 aromatic rings. The number of carbonyl (C=O) groups is 1. The topological polar surface area (TPSA) is 67.8 Å². The zero-order valence-electron chi connectivity index (χ0n) is 13.3. The number of benzene rings is 1. The van der Waals surface area contributed by atoms with Crippen LogP contribution in [-0.2, 0) is 0 Å². The van der Waals surface area contributed by atoms with Gasteiger partial charge in [0.15, 0.2) is 0 Å². The van der Waals surface area contributed by atoms with Crippen LogP contribution in [-0.4, -0.2) is 20.9 Å². The van der Waals surface area contributed by atoms with Crippen LogP contribution in [0.2, 0.25) is 0 Å². The summed E-state index contributed by atoms with van der Waals surface area (Å²) in [4.78, 5) is 25.8. The molecule has 0 saturated carbocycles. The summed E-state index contributed by atoms with van der Waals surface area (Å²) in [6.45, 7) is 0. The SMILES string of the molecule is O=C(Nc1cccnc1)c1cc(-c2ccccn2)nc2ccccc12. The first-order valence-electron chi connectivity index (χ1n) is 7.84. The third-order valence-corrected chi connectivity index (χ3v) is 3.81. The van der Waals surface area contributed by atoms with Gasteiger partial charge >= 0.3 is 0 Å².